The number of rotatable bonds is 4. The first-order valence-corrected chi connectivity index (χ1v) is 7.84. The Balaban J connectivity index is 1.57. The molecule has 23 heavy (non-hydrogen) atoms. The van der Waals surface area contributed by atoms with E-state index in [2.05, 4.69) is 17.1 Å². The fraction of sp³-hybridized carbons (Fsp3) is 0.438. The van der Waals surface area contributed by atoms with Gasteiger partial charge in [0.15, 0.2) is 0 Å². The molecule has 1 aliphatic heterocycles. The average molecular weight is 316 g/mol. The topological polar surface area (TPSA) is 82.4 Å². The molecular formula is C16H20N4O3. The molecule has 0 saturated carbocycles. The van der Waals surface area contributed by atoms with Crippen LogP contribution >= 0.6 is 0 Å². The minimum Gasteiger partial charge on any atom is -0.472 e. The van der Waals surface area contributed by atoms with E-state index in [1.807, 2.05) is 6.07 Å². The maximum atomic E-state index is 12.4. The summed E-state index contributed by atoms with van der Waals surface area (Å²) in [6.45, 7) is 4.14. The second-order valence-electron chi connectivity index (χ2n) is 5.62. The third-order valence-electron chi connectivity index (χ3n) is 3.99. The summed E-state index contributed by atoms with van der Waals surface area (Å²) in [5.74, 6) is -0.144. The Bertz CT molecular complexity index is 669. The molecule has 0 radical (unpaired) electrons. The third-order valence-corrected chi connectivity index (χ3v) is 3.99. The standard InChI is InChI=1S/C16H20N4O3/c1-2-3-13-10-14(18-17-13)16(22)20-7-5-19(6-8-20)15(21)12-4-9-23-11-12/h4,9-11H,2-3,5-8H2,1H3,(H,17,18). The number of nitrogens with one attached hydrogen (secondary N) is 1. The minimum absolute atomic E-state index is 0.0594. The number of hydrogen-bond donors (Lipinski definition) is 1. The molecule has 0 atom stereocenters. The maximum absolute atomic E-state index is 12.4. The van der Waals surface area contributed by atoms with Gasteiger partial charge < -0.3 is 14.2 Å². The van der Waals surface area contributed by atoms with Gasteiger partial charge in [-0.05, 0) is 18.6 Å². The summed E-state index contributed by atoms with van der Waals surface area (Å²) in [5.41, 5.74) is 1.97. The lowest BCUT2D eigenvalue weighted by atomic mass is 10.2. The van der Waals surface area contributed by atoms with E-state index in [9.17, 15) is 9.59 Å². The predicted octanol–water partition coefficient (Wildman–Crippen LogP) is 1.55. The summed E-state index contributed by atoms with van der Waals surface area (Å²) >= 11 is 0. The molecular weight excluding hydrogens is 296 g/mol. The number of amides is 2. The molecule has 0 spiro atoms. The van der Waals surface area contributed by atoms with Gasteiger partial charge in [-0.1, -0.05) is 13.3 Å². The van der Waals surface area contributed by atoms with Crippen LogP contribution in [-0.2, 0) is 6.42 Å². The van der Waals surface area contributed by atoms with E-state index in [1.54, 1.807) is 15.9 Å². The van der Waals surface area contributed by atoms with Gasteiger partial charge in [-0.3, -0.25) is 14.7 Å². The summed E-state index contributed by atoms with van der Waals surface area (Å²) in [6, 6.07) is 3.47. The van der Waals surface area contributed by atoms with Crippen LogP contribution in [0.3, 0.4) is 0 Å². The Morgan fingerprint density at radius 3 is 2.52 bits per heavy atom. The van der Waals surface area contributed by atoms with Crippen molar-refractivity contribution in [3.05, 3.63) is 41.6 Å². The Labute approximate surface area is 134 Å². The highest BCUT2D eigenvalue weighted by Gasteiger charge is 2.26. The molecule has 2 amide bonds. The van der Waals surface area contributed by atoms with Crippen LogP contribution in [0, 0.1) is 0 Å². The molecule has 1 aliphatic rings. The fourth-order valence-electron chi connectivity index (χ4n) is 2.71. The maximum Gasteiger partial charge on any atom is 0.274 e. The van der Waals surface area contributed by atoms with Gasteiger partial charge in [0.2, 0.25) is 0 Å². The molecule has 122 valence electrons. The van der Waals surface area contributed by atoms with Crippen molar-refractivity contribution >= 4 is 11.8 Å². The number of aromatic nitrogens is 2. The van der Waals surface area contributed by atoms with E-state index in [-0.39, 0.29) is 11.8 Å². The first-order valence-electron chi connectivity index (χ1n) is 7.84. The fourth-order valence-corrected chi connectivity index (χ4v) is 2.71. The van der Waals surface area contributed by atoms with Crippen molar-refractivity contribution in [2.24, 2.45) is 0 Å². The summed E-state index contributed by atoms with van der Waals surface area (Å²) < 4.78 is 4.94. The van der Waals surface area contributed by atoms with Gasteiger partial charge in [-0.2, -0.15) is 5.10 Å². The molecule has 1 fully saturated rings. The van der Waals surface area contributed by atoms with Crippen LogP contribution in [-0.4, -0.2) is 58.0 Å². The molecule has 2 aromatic rings. The zero-order valence-electron chi connectivity index (χ0n) is 13.1. The van der Waals surface area contributed by atoms with Gasteiger partial charge in [0.1, 0.15) is 12.0 Å². The number of carbonyl (C=O) groups is 2. The first kappa shape index (κ1) is 15.3. The van der Waals surface area contributed by atoms with Gasteiger partial charge in [0.25, 0.3) is 11.8 Å². The number of piperazine rings is 1. The molecule has 7 heteroatoms. The molecule has 0 aliphatic carbocycles. The van der Waals surface area contributed by atoms with Crippen LogP contribution in [0.1, 0.15) is 39.9 Å². The van der Waals surface area contributed by atoms with Crippen molar-refractivity contribution in [1.82, 2.24) is 20.0 Å². The van der Waals surface area contributed by atoms with Crippen molar-refractivity contribution in [2.45, 2.75) is 19.8 Å². The van der Waals surface area contributed by atoms with Crippen LogP contribution in [0.4, 0.5) is 0 Å². The molecule has 0 aromatic carbocycles. The van der Waals surface area contributed by atoms with E-state index in [0.717, 1.165) is 18.5 Å². The van der Waals surface area contributed by atoms with Gasteiger partial charge in [-0.25, -0.2) is 0 Å². The van der Waals surface area contributed by atoms with E-state index in [0.29, 0.717) is 37.4 Å². The van der Waals surface area contributed by atoms with Crippen LogP contribution < -0.4 is 0 Å². The highest BCUT2D eigenvalue weighted by molar-refractivity contribution is 5.95. The second-order valence-corrected chi connectivity index (χ2v) is 5.62. The SMILES string of the molecule is CCCc1cc(C(=O)N2CCN(C(=O)c3ccoc3)CC2)n[nH]1. The summed E-state index contributed by atoms with van der Waals surface area (Å²) in [5, 5.41) is 7.00. The largest absolute Gasteiger partial charge is 0.472 e. The molecule has 0 bridgehead atoms. The quantitative estimate of drug-likeness (QED) is 0.928. The Morgan fingerprint density at radius 1 is 1.22 bits per heavy atom. The minimum atomic E-state index is -0.0842. The van der Waals surface area contributed by atoms with Crippen LogP contribution in [0.25, 0.3) is 0 Å². The lowest BCUT2D eigenvalue weighted by Crippen LogP contribution is -2.50. The molecule has 1 saturated heterocycles. The molecule has 3 rings (SSSR count). The normalized spacial score (nSPS) is 15.0. The Kier molecular flexibility index (Phi) is 4.45. The van der Waals surface area contributed by atoms with E-state index < -0.39 is 0 Å². The monoisotopic (exact) mass is 316 g/mol. The number of carbonyl (C=O) groups excluding carboxylic acids is 2. The summed E-state index contributed by atoms with van der Waals surface area (Å²) in [7, 11) is 0. The van der Waals surface area contributed by atoms with Gasteiger partial charge in [0, 0.05) is 31.9 Å². The predicted molar refractivity (Wildman–Crippen MR) is 83.1 cm³/mol. The van der Waals surface area contributed by atoms with Crippen molar-refractivity contribution in [3.63, 3.8) is 0 Å². The van der Waals surface area contributed by atoms with E-state index in [4.69, 9.17) is 4.42 Å². The highest BCUT2D eigenvalue weighted by Crippen LogP contribution is 2.12. The molecule has 1 N–H and O–H groups in total. The van der Waals surface area contributed by atoms with Crippen LogP contribution in [0.15, 0.2) is 29.1 Å². The summed E-state index contributed by atoms with van der Waals surface area (Å²) in [4.78, 5) is 28.2. The Hall–Kier alpha value is -2.57. The van der Waals surface area contributed by atoms with Crippen molar-refractivity contribution < 1.29 is 14.0 Å². The van der Waals surface area contributed by atoms with Crippen LogP contribution in [0.5, 0.6) is 0 Å². The van der Waals surface area contributed by atoms with Crippen LogP contribution in [0.2, 0.25) is 0 Å². The van der Waals surface area contributed by atoms with Crippen molar-refractivity contribution in [2.75, 3.05) is 26.2 Å². The first-order chi connectivity index (χ1) is 11.2. The number of nitrogens with zero attached hydrogens (tertiary/aromatic N) is 3. The number of aromatic amines is 1. The van der Waals surface area contributed by atoms with Crippen molar-refractivity contribution in [1.29, 1.82) is 0 Å². The lowest BCUT2D eigenvalue weighted by Gasteiger charge is -2.34. The smallest absolute Gasteiger partial charge is 0.274 e. The van der Waals surface area contributed by atoms with Crippen molar-refractivity contribution in [3.8, 4) is 0 Å². The van der Waals surface area contributed by atoms with Gasteiger partial charge in [-0.15, -0.1) is 0 Å². The highest BCUT2D eigenvalue weighted by atomic mass is 16.3. The molecule has 7 nitrogen and oxygen atoms in total. The summed E-state index contributed by atoms with van der Waals surface area (Å²) in [6.07, 6.45) is 4.81. The van der Waals surface area contributed by atoms with E-state index >= 15 is 0 Å². The zero-order valence-corrected chi connectivity index (χ0v) is 13.1. The number of hydrogen-bond acceptors (Lipinski definition) is 4. The molecule has 0 unspecified atom stereocenters. The number of furan rings is 1. The van der Waals surface area contributed by atoms with Gasteiger partial charge in [0.05, 0.1) is 11.8 Å². The zero-order chi connectivity index (χ0) is 16.2. The average Bonchev–Trinajstić information content (AvgIpc) is 3.26. The lowest BCUT2D eigenvalue weighted by molar-refractivity contribution is 0.0532. The third kappa shape index (κ3) is 3.28. The van der Waals surface area contributed by atoms with E-state index in [1.165, 1.54) is 12.5 Å². The molecule has 3 heterocycles. The Morgan fingerprint density at radius 2 is 1.91 bits per heavy atom. The number of H-pyrrole nitrogens is 1. The molecule has 2 aromatic heterocycles. The van der Waals surface area contributed by atoms with Gasteiger partial charge >= 0.3 is 0 Å². The number of aryl methyl sites for hydroxylation is 1. The second kappa shape index (κ2) is 6.68.